The molecule has 0 unspecified atom stereocenters. The Kier molecular flexibility index (Phi) is 4.90. The van der Waals surface area contributed by atoms with Crippen LogP contribution in [0, 0.1) is 17.5 Å². The molecule has 1 N–H and O–H groups in total. The molecule has 5 heterocycles. The monoisotopic (exact) mass is 505 g/mol. The molecule has 2 bridgehead atoms. The molecule has 0 spiro atoms. The molecular formula is C22H18F3N5O4S. The van der Waals surface area contributed by atoms with Gasteiger partial charge in [-0.25, -0.2) is 13.2 Å². The van der Waals surface area contributed by atoms with Crippen molar-refractivity contribution in [2.75, 3.05) is 18.6 Å². The van der Waals surface area contributed by atoms with E-state index in [2.05, 4.69) is 10.2 Å². The SMILES string of the molecule is CN1C(=O)c2c(O)c(=O)c(-c3nnc(Cc4c(F)cc(F)cc4F)s3)cn2N2C[C@H]3CC[C@H](O3)[C@H]12. The third-order valence-corrected chi connectivity index (χ3v) is 7.62. The number of fused-ring (bicyclic) bond motifs is 6. The highest BCUT2D eigenvalue weighted by molar-refractivity contribution is 7.14. The van der Waals surface area contributed by atoms with Gasteiger partial charge in [0.15, 0.2) is 16.5 Å². The second-order valence-electron chi connectivity index (χ2n) is 8.77. The molecule has 35 heavy (non-hydrogen) atoms. The largest absolute Gasteiger partial charge is 0.502 e. The number of hydrogen-bond acceptors (Lipinski definition) is 8. The molecule has 13 heteroatoms. The van der Waals surface area contributed by atoms with Crippen LogP contribution in [0.5, 0.6) is 5.75 Å². The van der Waals surface area contributed by atoms with Gasteiger partial charge in [-0.15, -0.1) is 10.2 Å². The summed E-state index contributed by atoms with van der Waals surface area (Å²) in [6.45, 7) is 0.456. The average Bonchev–Trinajstić information content (AvgIpc) is 3.43. The number of likely N-dealkylation sites (N-methyl/N-ethyl adjacent to an activating group) is 1. The van der Waals surface area contributed by atoms with Crippen molar-refractivity contribution in [3.63, 3.8) is 0 Å². The first-order chi connectivity index (χ1) is 16.7. The molecule has 0 saturated carbocycles. The standard InChI is InChI=1S/C22H18F3N5O4S/c1-28-21-15-3-2-10(34-15)7-30(21)29-8-12(18(31)19(32)17(29)22(28)33)20-27-26-16(35-20)6-11-13(24)4-9(23)5-14(11)25/h4-5,8,10,15,21,32H,2-3,6-7H2,1H3/t10-,15+,21-/m1/s1. The van der Waals surface area contributed by atoms with Crippen LogP contribution in [0.1, 0.15) is 33.9 Å². The van der Waals surface area contributed by atoms with E-state index >= 15 is 0 Å². The fourth-order valence-electron chi connectivity index (χ4n) is 5.02. The Hall–Kier alpha value is -3.45. The van der Waals surface area contributed by atoms with Gasteiger partial charge in [-0.1, -0.05) is 11.3 Å². The molecule has 182 valence electrons. The summed E-state index contributed by atoms with van der Waals surface area (Å²) in [5.41, 5.74) is -1.35. The van der Waals surface area contributed by atoms with Crippen LogP contribution in [0.15, 0.2) is 23.1 Å². The number of carbonyl (C=O) groups excluding carboxylic acids is 1. The van der Waals surface area contributed by atoms with Gasteiger partial charge in [0, 0.05) is 37.4 Å². The number of aromatic hydroxyl groups is 1. The third kappa shape index (κ3) is 3.32. The summed E-state index contributed by atoms with van der Waals surface area (Å²) < 4.78 is 48.8. The lowest BCUT2D eigenvalue weighted by Crippen LogP contribution is -2.67. The van der Waals surface area contributed by atoms with E-state index in [-0.39, 0.29) is 45.5 Å². The maximum Gasteiger partial charge on any atom is 0.277 e. The molecule has 3 atom stereocenters. The van der Waals surface area contributed by atoms with Crippen LogP contribution in [0.3, 0.4) is 0 Å². The van der Waals surface area contributed by atoms with Crippen molar-refractivity contribution >= 4 is 17.2 Å². The zero-order chi connectivity index (χ0) is 24.6. The second kappa shape index (κ2) is 7.78. The van der Waals surface area contributed by atoms with Crippen molar-refractivity contribution in [3.8, 4) is 16.3 Å². The number of aromatic nitrogens is 3. The van der Waals surface area contributed by atoms with Gasteiger partial charge in [0.05, 0.1) is 24.3 Å². The van der Waals surface area contributed by atoms with E-state index in [0.29, 0.717) is 18.7 Å². The van der Waals surface area contributed by atoms with Crippen LogP contribution in [0.2, 0.25) is 0 Å². The number of morpholine rings is 1. The van der Waals surface area contributed by atoms with Crippen LogP contribution in [-0.2, 0) is 11.2 Å². The van der Waals surface area contributed by atoms with Crippen molar-refractivity contribution < 1.29 is 27.8 Å². The molecule has 3 aliphatic rings. The highest BCUT2D eigenvalue weighted by atomic mass is 32.1. The van der Waals surface area contributed by atoms with E-state index in [4.69, 9.17) is 4.74 Å². The number of nitrogens with zero attached hydrogens (tertiary/aromatic N) is 5. The Balaban J connectivity index is 1.41. The molecule has 6 rings (SSSR count). The van der Waals surface area contributed by atoms with Gasteiger partial charge in [0.2, 0.25) is 5.43 Å². The van der Waals surface area contributed by atoms with E-state index in [1.165, 1.54) is 15.8 Å². The minimum absolute atomic E-state index is 0.00927. The normalized spacial score (nSPS) is 23.0. The van der Waals surface area contributed by atoms with Crippen molar-refractivity contribution in [3.05, 3.63) is 62.3 Å². The number of hydrogen-bond donors (Lipinski definition) is 1. The zero-order valence-electron chi connectivity index (χ0n) is 18.2. The fraction of sp³-hybridized carbons (Fsp3) is 0.364. The maximum atomic E-state index is 14.1. The summed E-state index contributed by atoms with van der Waals surface area (Å²) in [5, 5.41) is 20.8. The molecule has 2 fully saturated rings. The van der Waals surface area contributed by atoms with Crippen LogP contribution < -0.4 is 10.4 Å². The lowest BCUT2D eigenvalue weighted by atomic mass is 10.1. The van der Waals surface area contributed by atoms with E-state index < -0.39 is 40.7 Å². The van der Waals surface area contributed by atoms with Crippen molar-refractivity contribution in [2.45, 2.75) is 37.6 Å². The third-order valence-electron chi connectivity index (χ3n) is 6.66. The number of halogens is 3. The number of rotatable bonds is 3. The summed E-state index contributed by atoms with van der Waals surface area (Å²) in [4.78, 5) is 27.5. The van der Waals surface area contributed by atoms with Gasteiger partial charge in [0.25, 0.3) is 5.91 Å². The number of pyridine rings is 1. The first-order valence-corrected chi connectivity index (χ1v) is 11.7. The summed E-state index contributed by atoms with van der Waals surface area (Å²) in [7, 11) is 1.61. The Bertz CT molecular complexity index is 1420. The average molecular weight is 505 g/mol. The summed E-state index contributed by atoms with van der Waals surface area (Å²) in [6, 6.07) is 1.16. The highest BCUT2D eigenvalue weighted by Crippen LogP contribution is 2.37. The molecule has 1 aromatic carbocycles. The van der Waals surface area contributed by atoms with Crippen LogP contribution in [-0.4, -0.2) is 62.8 Å². The predicted octanol–water partition coefficient (Wildman–Crippen LogP) is 1.99. The van der Waals surface area contributed by atoms with Gasteiger partial charge in [-0.3, -0.25) is 19.3 Å². The van der Waals surface area contributed by atoms with E-state index in [1.54, 1.807) is 7.05 Å². The van der Waals surface area contributed by atoms with E-state index in [1.807, 2.05) is 5.01 Å². The maximum absolute atomic E-state index is 14.1. The van der Waals surface area contributed by atoms with Gasteiger partial charge in [-0.2, -0.15) is 0 Å². The van der Waals surface area contributed by atoms with Crippen LogP contribution in [0.4, 0.5) is 13.2 Å². The number of carbonyl (C=O) groups is 1. The van der Waals surface area contributed by atoms with Gasteiger partial charge < -0.3 is 14.7 Å². The lowest BCUT2D eigenvalue weighted by Gasteiger charge is -2.50. The fourth-order valence-corrected chi connectivity index (χ4v) is 5.88. The molecule has 2 aromatic heterocycles. The quantitative estimate of drug-likeness (QED) is 0.581. The Labute approximate surface area is 200 Å². The molecular weight excluding hydrogens is 487 g/mol. The number of ether oxygens (including phenoxy) is 1. The molecule has 2 saturated heterocycles. The lowest BCUT2D eigenvalue weighted by molar-refractivity contribution is -0.0478. The summed E-state index contributed by atoms with van der Waals surface area (Å²) in [5.74, 6) is -4.37. The molecule has 1 amide bonds. The minimum Gasteiger partial charge on any atom is -0.502 e. The Morgan fingerprint density at radius 1 is 1.17 bits per heavy atom. The first kappa shape index (κ1) is 22.0. The number of benzene rings is 1. The van der Waals surface area contributed by atoms with E-state index in [9.17, 15) is 27.9 Å². The second-order valence-corrected chi connectivity index (χ2v) is 9.83. The Morgan fingerprint density at radius 3 is 2.66 bits per heavy atom. The minimum atomic E-state index is -1.05. The Morgan fingerprint density at radius 2 is 1.91 bits per heavy atom. The van der Waals surface area contributed by atoms with Gasteiger partial charge in [0.1, 0.15) is 28.6 Å². The highest BCUT2D eigenvalue weighted by Gasteiger charge is 2.49. The molecule has 3 aromatic rings. The number of amides is 1. The molecule has 0 aliphatic carbocycles. The molecule has 9 nitrogen and oxygen atoms in total. The summed E-state index contributed by atoms with van der Waals surface area (Å²) >= 11 is 0.908. The van der Waals surface area contributed by atoms with Gasteiger partial charge >= 0.3 is 0 Å². The van der Waals surface area contributed by atoms with E-state index in [0.717, 1.165) is 24.2 Å². The van der Waals surface area contributed by atoms with Crippen molar-refractivity contribution in [1.82, 2.24) is 19.8 Å². The smallest absolute Gasteiger partial charge is 0.277 e. The van der Waals surface area contributed by atoms with Gasteiger partial charge in [-0.05, 0) is 12.8 Å². The predicted molar refractivity (Wildman–Crippen MR) is 117 cm³/mol. The zero-order valence-corrected chi connectivity index (χ0v) is 19.1. The summed E-state index contributed by atoms with van der Waals surface area (Å²) in [6.07, 6.45) is 2.12. The molecule has 0 radical (unpaired) electrons. The van der Waals surface area contributed by atoms with Crippen LogP contribution in [0.25, 0.3) is 10.6 Å². The molecule has 3 aliphatic heterocycles. The topological polar surface area (TPSA) is 101 Å². The van der Waals surface area contributed by atoms with Crippen molar-refractivity contribution in [2.24, 2.45) is 0 Å². The van der Waals surface area contributed by atoms with Crippen molar-refractivity contribution in [1.29, 1.82) is 0 Å². The van der Waals surface area contributed by atoms with Crippen LogP contribution >= 0.6 is 11.3 Å². The first-order valence-electron chi connectivity index (χ1n) is 10.9.